The highest BCUT2D eigenvalue weighted by Crippen LogP contribution is 2.40. The van der Waals surface area contributed by atoms with E-state index in [-0.39, 0.29) is 31.1 Å². The van der Waals surface area contributed by atoms with Crippen LogP contribution in [0.1, 0.15) is 71.9 Å². The van der Waals surface area contributed by atoms with Gasteiger partial charge in [-0.1, -0.05) is 19.1 Å². The quantitative estimate of drug-likeness (QED) is 0.338. The maximum absolute atomic E-state index is 14.1. The monoisotopic (exact) mass is 506 g/mol. The lowest BCUT2D eigenvalue weighted by Gasteiger charge is -2.29. The maximum atomic E-state index is 14.1. The minimum atomic E-state index is -0.798. The molecule has 6 nitrogen and oxygen atoms in total. The Labute approximate surface area is 211 Å². The lowest BCUT2D eigenvalue weighted by molar-refractivity contribution is -0.163. The van der Waals surface area contributed by atoms with Crippen molar-refractivity contribution >= 4 is 11.9 Å². The molecule has 36 heavy (non-hydrogen) atoms. The van der Waals surface area contributed by atoms with Crippen molar-refractivity contribution in [3.63, 3.8) is 0 Å². The van der Waals surface area contributed by atoms with Crippen LogP contribution in [0.15, 0.2) is 36.4 Å². The number of carbonyl (C=O) groups excluding carboxylic acids is 2. The van der Waals surface area contributed by atoms with Gasteiger partial charge in [-0.3, -0.25) is 9.59 Å². The first-order valence-electron chi connectivity index (χ1n) is 12.1. The zero-order chi connectivity index (χ0) is 27.0. The molecule has 0 radical (unpaired) electrons. The second kappa shape index (κ2) is 12.7. The van der Waals surface area contributed by atoms with Crippen molar-refractivity contribution in [2.24, 2.45) is 5.92 Å². The average molecular weight is 507 g/mol. The zero-order valence-electron chi connectivity index (χ0n) is 22.0. The van der Waals surface area contributed by atoms with Crippen molar-refractivity contribution in [2.75, 3.05) is 13.2 Å². The van der Waals surface area contributed by atoms with Crippen LogP contribution in [0.25, 0.3) is 0 Å². The Hall–Kier alpha value is -3.16. The van der Waals surface area contributed by atoms with Crippen LogP contribution in [0, 0.1) is 17.6 Å². The van der Waals surface area contributed by atoms with Crippen molar-refractivity contribution in [2.45, 2.75) is 72.5 Å². The fourth-order valence-corrected chi connectivity index (χ4v) is 3.85. The number of benzene rings is 2. The molecule has 0 aliphatic heterocycles. The molecular weight excluding hydrogens is 470 g/mol. The second-order valence-corrected chi connectivity index (χ2v) is 9.54. The summed E-state index contributed by atoms with van der Waals surface area (Å²) in [6, 6.07) is 8.20. The summed E-state index contributed by atoms with van der Waals surface area (Å²) in [7, 11) is 0. The molecule has 8 heteroatoms. The second-order valence-electron chi connectivity index (χ2n) is 9.54. The largest absolute Gasteiger partial charge is 0.493 e. The van der Waals surface area contributed by atoms with E-state index in [2.05, 4.69) is 0 Å². The predicted molar refractivity (Wildman–Crippen MR) is 132 cm³/mol. The molecular formula is C28H36F2O6. The smallest absolute Gasteiger partial charge is 0.309 e. The minimum absolute atomic E-state index is 0.144. The SMILES string of the molecule is CCOc1cc(F)ccc1C(c1ccc(F)cc1OCC)[C@H](C)OC(=O)[C@H](C)CC(=O)OC(C)(C)C. The highest BCUT2D eigenvalue weighted by molar-refractivity contribution is 5.80. The molecule has 0 saturated heterocycles. The molecule has 0 heterocycles. The molecule has 0 fully saturated rings. The number of hydrogen-bond donors (Lipinski definition) is 0. The molecule has 0 saturated carbocycles. The van der Waals surface area contributed by atoms with Gasteiger partial charge >= 0.3 is 11.9 Å². The van der Waals surface area contributed by atoms with Crippen LogP contribution in [0.5, 0.6) is 11.5 Å². The van der Waals surface area contributed by atoms with Crippen LogP contribution >= 0.6 is 0 Å². The van der Waals surface area contributed by atoms with E-state index in [0.29, 0.717) is 11.1 Å². The van der Waals surface area contributed by atoms with E-state index in [1.165, 1.54) is 24.3 Å². The molecule has 0 N–H and O–H groups in total. The Bertz CT molecular complexity index is 991. The number of ether oxygens (including phenoxy) is 4. The number of hydrogen-bond acceptors (Lipinski definition) is 6. The van der Waals surface area contributed by atoms with Crippen LogP contribution < -0.4 is 9.47 Å². The number of rotatable bonds is 11. The van der Waals surface area contributed by atoms with Gasteiger partial charge in [0.15, 0.2) is 0 Å². The zero-order valence-corrected chi connectivity index (χ0v) is 22.0. The standard InChI is InChI=1S/C28H36F2O6/c1-8-33-23-15-19(29)10-12-21(23)26(22-13-11-20(30)16-24(22)34-9-2)18(4)35-27(32)17(3)14-25(31)36-28(5,6)7/h10-13,15-18,26H,8-9,14H2,1-7H3/t17-,18+/m1/s1. The van der Waals surface area contributed by atoms with Crippen LogP contribution in [-0.4, -0.2) is 36.9 Å². The van der Waals surface area contributed by atoms with E-state index >= 15 is 0 Å². The van der Waals surface area contributed by atoms with Gasteiger partial charge in [-0.25, -0.2) is 8.78 Å². The third kappa shape index (κ3) is 8.21. The first kappa shape index (κ1) is 29.1. The van der Waals surface area contributed by atoms with Crippen molar-refractivity contribution in [1.82, 2.24) is 0 Å². The molecule has 2 aromatic rings. The molecule has 0 amide bonds. The molecule has 0 unspecified atom stereocenters. The summed E-state index contributed by atoms with van der Waals surface area (Å²) in [5.41, 5.74) is 0.423. The molecule has 0 spiro atoms. The molecule has 2 rings (SSSR count). The van der Waals surface area contributed by atoms with Crippen molar-refractivity contribution < 1.29 is 37.3 Å². The summed E-state index contributed by atoms with van der Waals surface area (Å²) in [6.07, 6.45) is -0.942. The predicted octanol–water partition coefficient (Wildman–Crippen LogP) is 6.19. The molecule has 0 aromatic heterocycles. The third-order valence-electron chi connectivity index (χ3n) is 5.29. The van der Waals surface area contributed by atoms with E-state index < -0.39 is 47.1 Å². The molecule has 0 aliphatic rings. The third-order valence-corrected chi connectivity index (χ3v) is 5.29. The highest BCUT2D eigenvalue weighted by atomic mass is 19.1. The van der Waals surface area contributed by atoms with Crippen molar-refractivity contribution in [1.29, 1.82) is 0 Å². The summed E-state index contributed by atoms with van der Waals surface area (Å²) in [5, 5.41) is 0. The lowest BCUT2D eigenvalue weighted by Crippen LogP contribution is -2.30. The highest BCUT2D eigenvalue weighted by Gasteiger charge is 2.32. The van der Waals surface area contributed by atoms with Gasteiger partial charge in [-0.15, -0.1) is 0 Å². The summed E-state index contributed by atoms with van der Waals surface area (Å²) in [4.78, 5) is 25.1. The number of halogens is 2. The Morgan fingerprint density at radius 1 is 0.861 bits per heavy atom. The molecule has 2 aromatic carbocycles. The Morgan fingerprint density at radius 2 is 1.33 bits per heavy atom. The van der Waals surface area contributed by atoms with Gasteiger partial charge in [0.05, 0.1) is 31.5 Å². The van der Waals surface area contributed by atoms with Gasteiger partial charge in [0.1, 0.15) is 34.8 Å². The fraction of sp³-hybridized carbons (Fsp3) is 0.500. The van der Waals surface area contributed by atoms with Gasteiger partial charge in [0, 0.05) is 23.3 Å². The van der Waals surface area contributed by atoms with Gasteiger partial charge < -0.3 is 18.9 Å². The maximum Gasteiger partial charge on any atom is 0.309 e. The van der Waals surface area contributed by atoms with E-state index in [1.54, 1.807) is 60.6 Å². The van der Waals surface area contributed by atoms with Gasteiger partial charge in [-0.05, 0) is 53.7 Å². The summed E-state index contributed by atoms with van der Waals surface area (Å²) >= 11 is 0. The molecule has 0 aliphatic carbocycles. The van der Waals surface area contributed by atoms with Crippen LogP contribution in [-0.2, 0) is 19.1 Å². The number of carbonyl (C=O) groups is 2. The van der Waals surface area contributed by atoms with E-state index in [9.17, 15) is 18.4 Å². The first-order chi connectivity index (χ1) is 16.9. The van der Waals surface area contributed by atoms with Gasteiger partial charge in [0.2, 0.25) is 0 Å². The molecule has 198 valence electrons. The summed E-state index contributed by atoms with van der Waals surface area (Å²) in [6.45, 7) is 12.6. The summed E-state index contributed by atoms with van der Waals surface area (Å²) < 4.78 is 50.6. The minimum Gasteiger partial charge on any atom is -0.493 e. The molecule has 2 atom stereocenters. The van der Waals surface area contributed by atoms with E-state index in [1.807, 2.05) is 0 Å². The van der Waals surface area contributed by atoms with Crippen molar-refractivity contribution in [3.8, 4) is 11.5 Å². The summed E-state index contributed by atoms with van der Waals surface area (Å²) in [5.74, 6) is -2.96. The fourth-order valence-electron chi connectivity index (χ4n) is 3.85. The molecule has 0 bridgehead atoms. The lowest BCUT2D eigenvalue weighted by atomic mass is 9.85. The van der Waals surface area contributed by atoms with Crippen LogP contribution in [0.2, 0.25) is 0 Å². The van der Waals surface area contributed by atoms with Gasteiger partial charge in [-0.2, -0.15) is 0 Å². The average Bonchev–Trinajstić information content (AvgIpc) is 2.75. The normalized spacial score (nSPS) is 13.2. The topological polar surface area (TPSA) is 71.1 Å². The Kier molecular flexibility index (Phi) is 10.3. The Morgan fingerprint density at radius 3 is 1.75 bits per heavy atom. The van der Waals surface area contributed by atoms with E-state index in [4.69, 9.17) is 18.9 Å². The van der Waals surface area contributed by atoms with Crippen LogP contribution in [0.4, 0.5) is 8.78 Å². The van der Waals surface area contributed by atoms with Gasteiger partial charge in [0.25, 0.3) is 0 Å². The Balaban J connectivity index is 2.44. The van der Waals surface area contributed by atoms with Crippen molar-refractivity contribution in [3.05, 3.63) is 59.2 Å². The van der Waals surface area contributed by atoms with E-state index in [0.717, 1.165) is 0 Å². The number of esters is 2. The van der Waals surface area contributed by atoms with Crippen LogP contribution in [0.3, 0.4) is 0 Å². The first-order valence-corrected chi connectivity index (χ1v) is 12.1.